The van der Waals surface area contributed by atoms with E-state index in [9.17, 15) is 4.79 Å². The lowest BCUT2D eigenvalue weighted by Gasteiger charge is -2.38. The summed E-state index contributed by atoms with van der Waals surface area (Å²) in [6.07, 6.45) is 4.43. The third kappa shape index (κ3) is 4.57. The Labute approximate surface area is 210 Å². The van der Waals surface area contributed by atoms with Gasteiger partial charge in [-0.25, -0.2) is 4.98 Å². The molecule has 2 heterocycles. The molecule has 0 spiro atoms. The zero-order valence-corrected chi connectivity index (χ0v) is 20.2. The van der Waals surface area contributed by atoms with E-state index in [1.54, 1.807) is 6.20 Å². The fourth-order valence-electron chi connectivity index (χ4n) is 4.68. The highest BCUT2D eigenvalue weighted by molar-refractivity contribution is 5.75. The zero-order valence-electron chi connectivity index (χ0n) is 20.2. The summed E-state index contributed by atoms with van der Waals surface area (Å²) >= 11 is 0. The van der Waals surface area contributed by atoms with Gasteiger partial charge in [-0.1, -0.05) is 91.0 Å². The minimum Gasteiger partial charge on any atom is -0.464 e. The van der Waals surface area contributed by atoms with Crippen LogP contribution in [-0.4, -0.2) is 33.8 Å². The highest BCUT2D eigenvalue weighted by atomic mass is 16.5. The third-order valence-electron chi connectivity index (χ3n) is 6.64. The number of esters is 1. The van der Waals surface area contributed by atoms with Crippen molar-refractivity contribution in [3.63, 3.8) is 0 Å². The maximum absolute atomic E-state index is 12.7. The number of carbonyl (C=O) groups is 1. The molecule has 7 nitrogen and oxygen atoms in total. The molecule has 1 aromatic heterocycles. The van der Waals surface area contributed by atoms with Crippen molar-refractivity contribution in [1.82, 2.24) is 9.55 Å². The molecule has 0 amide bonds. The molecule has 1 aliphatic rings. The average molecular weight is 480 g/mol. The topological polar surface area (TPSA) is 94.9 Å². The van der Waals surface area contributed by atoms with Crippen LogP contribution in [0.5, 0.6) is 0 Å². The van der Waals surface area contributed by atoms with Crippen molar-refractivity contribution in [2.45, 2.75) is 37.0 Å². The van der Waals surface area contributed by atoms with Gasteiger partial charge in [0.15, 0.2) is 5.66 Å². The van der Waals surface area contributed by atoms with Gasteiger partial charge < -0.3 is 15.0 Å². The van der Waals surface area contributed by atoms with E-state index in [0.29, 0.717) is 6.42 Å². The first-order valence-corrected chi connectivity index (χ1v) is 12.1. The molecule has 0 bridgehead atoms. The molecule has 5 rings (SSSR count). The molecule has 3 aromatic carbocycles. The van der Waals surface area contributed by atoms with E-state index >= 15 is 0 Å². The average Bonchev–Trinajstić information content (AvgIpc) is 3.48. The summed E-state index contributed by atoms with van der Waals surface area (Å²) in [5.74, 6) is -0.447. The molecule has 36 heavy (non-hydrogen) atoms. The first kappa shape index (κ1) is 23.6. The minimum absolute atomic E-state index is 0.233. The lowest BCUT2D eigenvalue weighted by Crippen LogP contribution is -2.41. The zero-order chi connectivity index (χ0) is 25.0. The molecule has 1 aliphatic heterocycles. The molecule has 0 saturated carbocycles. The van der Waals surface area contributed by atoms with Gasteiger partial charge in [-0.3, -0.25) is 4.79 Å². The summed E-state index contributed by atoms with van der Waals surface area (Å²) in [5.41, 5.74) is 9.25. The number of aromatic nitrogens is 2. The predicted octanol–water partition coefficient (Wildman–Crippen LogP) is 4.71. The third-order valence-corrected chi connectivity index (χ3v) is 6.64. The maximum atomic E-state index is 12.7. The number of ether oxygens (including phenoxy) is 1. The largest absolute Gasteiger partial charge is 0.464 e. The fourth-order valence-corrected chi connectivity index (χ4v) is 4.68. The number of nitrogens with two attached hydrogens (primary N) is 1. The van der Waals surface area contributed by atoms with Crippen LogP contribution in [0.15, 0.2) is 114 Å². The SMILES string of the molecule is CC1(CCOC(=O)[C@@H](N)Cc2cncn2C(c2ccccc2)(c2ccccc2)c2ccccc2)N=N1. The highest BCUT2D eigenvalue weighted by Crippen LogP contribution is 2.41. The Hall–Kier alpha value is -4.10. The number of benzene rings is 3. The second kappa shape index (κ2) is 9.87. The first-order valence-electron chi connectivity index (χ1n) is 12.1. The van der Waals surface area contributed by atoms with E-state index in [4.69, 9.17) is 10.5 Å². The molecule has 2 N–H and O–H groups in total. The van der Waals surface area contributed by atoms with E-state index in [2.05, 4.69) is 56.2 Å². The molecule has 0 fully saturated rings. The standard InChI is InChI=1S/C29H29N5O2/c1-28(32-33-28)17-18-36-27(35)26(30)19-25-20-31-21-34(25)29(22-11-5-2-6-12-22,23-13-7-3-8-14-23)24-15-9-4-10-16-24/h2-16,20-21,26H,17-19,30H2,1H3/t26-/m0/s1. The Bertz CT molecular complexity index is 1230. The molecule has 0 saturated heterocycles. The lowest BCUT2D eigenvalue weighted by molar-refractivity contribution is -0.145. The summed E-state index contributed by atoms with van der Waals surface area (Å²) < 4.78 is 7.56. The normalized spacial score (nSPS) is 14.8. The highest BCUT2D eigenvalue weighted by Gasteiger charge is 2.40. The van der Waals surface area contributed by atoms with E-state index in [1.165, 1.54) is 0 Å². The molecule has 0 radical (unpaired) electrons. The van der Waals surface area contributed by atoms with Crippen LogP contribution in [0.4, 0.5) is 0 Å². The van der Waals surface area contributed by atoms with E-state index < -0.39 is 23.2 Å². The minimum atomic E-state index is -0.832. The summed E-state index contributed by atoms with van der Waals surface area (Å²) in [6.45, 7) is 2.13. The van der Waals surface area contributed by atoms with Crippen LogP contribution in [0.2, 0.25) is 0 Å². The Balaban J connectivity index is 1.54. The van der Waals surface area contributed by atoms with Gasteiger partial charge in [-0.15, -0.1) is 0 Å². The van der Waals surface area contributed by atoms with Gasteiger partial charge in [-0.2, -0.15) is 10.2 Å². The Morgan fingerprint density at radius 2 is 1.42 bits per heavy atom. The number of carbonyl (C=O) groups excluding carboxylic acids is 1. The molecule has 7 heteroatoms. The quantitative estimate of drug-likeness (QED) is 0.263. The molecule has 4 aromatic rings. The van der Waals surface area contributed by atoms with Gasteiger partial charge in [0.1, 0.15) is 11.6 Å². The number of rotatable bonds is 10. The predicted molar refractivity (Wildman–Crippen MR) is 137 cm³/mol. The van der Waals surface area contributed by atoms with Crippen LogP contribution in [0, 0.1) is 0 Å². The van der Waals surface area contributed by atoms with Crippen LogP contribution < -0.4 is 5.73 Å². The van der Waals surface area contributed by atoms with Crippen LogP contribution in [0.3, 0.4) is 0 Å². The Morgan fingerprint density at radius 1 is 0.917 bits per heavy atom. The van der Waals surface area contributed by atoms with Crippen molar-refractivity contribution in [3.8, 4) is 0 Å². The second-order valence-electron chi connectivity index (χ2n) is 9.21. The number of hydrogen-bond acceptors (Lipinski definition) is 6. The first-order chi connectivity index (χ1) is 17.5. The van der Waals surface area contributed by atoms with Crippen molar-refractivity contribution in [1.29, 1.82) is 0 Å². The van der Waals surface area contributed by atoms with Crippen molar-refractivity contribution in [3.05, 3.63) is 126 Å². The summed E-state index contributed by atoms with van der Waals surface area (Å²) in [4.78, 5) is 17.2. The van der Waals surface area contributed by atoms with Crippen LogP contribution in [0.25, 0.3) is 0 Å². The number of nitrogens with zero attached hydrogens (tertiary/aromatic N) is 4. The van der Waals surface area contributed by atoms with Crippen LogP contribution in [0.1, 0.15) is 35.7 Å². The Morgan fingerprint density at radius 3 is 1.89 bits per heavy atom. The van der Waals surface area contributed by atoms with Gasteiger partial charge in [0, 0.05) is 24.7 Å². The molecule has 0 aliphatic carbocycles. The molecule has 182 valence electrons. The molecular weight excluding hydrogens is 450 g/mol. The Kier molecular flexibility index (Phi) is 6.48. The number of imidazole rings is 1. The monoisotopic (exact) mass is 479 g/mol. The second-order valence-corrected chi connectivity index (χ2v) is 9.21. The van der Waals surface area contributed by atoms with E-state index in [-0.39, 0.29) is 13.0 Å². The van der Waals surface area contributed by atoms with Gasteiger partial charge in [0.2, 0.25) is 0 Å². The van der Waals surface area contributed by atoms with E-state index in [0.717, 1.165) is 22.4 Å². The van der Waals surface area contributed by atoms with Crippen LogP contribution in [-0.2, 0) is 21.5 Å². The van der Waals surface area contributed by atoms with Gasteiger partial charge in [0.05, 0.1) is 12.9 Å². The molecule has 1 atom stereocenters. The van der Waals surface area contributed by atoms with Gasteiger partial charge in [0.25, 0.3) is 0 Å². The van der Waals surface area contributed by atoms with Crippen molar-refractivity contribution in [2.24, 2.45) is 16.0 Å². The van der Waals surface area contributed by atoms with Crippen molar-refractivity contribution < 1.29 is 9.53 Å². The fraction of sp³-hybridized carbons (Fsp3) is 0.241. The summed E-state index contributed by atoms with van der Waals surface area (Å²) in [6, 6.07) is 30.1. The van der Waals surface area contributed by atoms with Crippen LogP contribution >= 0.6 is 0 Å². The smallest absolute Gasteiger partial charge is 0.323 e. The van der Waals surface area contributed by atoms with Crippen molar-refractivity contribution in [2.75, 3.05) is 6.61 Å². The molecular formula is C29H29N5O2. The van der Waals surface area contributed by atoms with Gasteiger partial charge >= 0.3 is 5.97 Å². The molecule has 0 unspecified atom stereocenters. The maximum Gasteiger partial charge on any atom is 0.323 e. The summed E-state index contributed by atoms with van der Waals surface area (Å²) in [5, 5.41) is 7.91. The van der Waals surface area contributed by atoms with Gasteiger partial charge in [-0.05, 0) is 23.6 Å². The summed E-state index contributed by atoms with van der Waals surface area (Å²) in [7, 11) is 0. The lowest BCUT2D eigenvalue weighted by atomic mass is 9.76. The number of hydrogen-bond donors (Lipinski definition) is 1. The van der Waals surface area contributed by atoms with E-state index in [1.807, 2.05) is 67.8 Å². The van der Waals surface area contributed by atoms with Crippen molar-refractivity contribution >= 4 is 5.97 Å².